The molecule has 0 saturated heterocycles. The van der Waals surface area contributed by atoms with Crippen LogP contribution in [-0.2, 0) is 4.79 Å². The molecule has 0 spiro atoms. The summed E-state index contributed by atoms with van der Waals surface area (Å²) in [4.78, 5) is 16.3. The Morgan fingerprint density at radius 1 is 1.16 bits per heavy atom. The maximum atomic E-state index is 12.2. The van der Waals surface area contributed by atoms with Gasteiger partial charge in [-0.2, -0.15) is 5.10 Å². The molecular formula is C21H17BrN6O2S. The largest absolute Gasteiger partial charge is 0.460 e. The molecule has 3 aromatic heterocycles. The van der Waals surface area contributed by atoms with Gasteiger partial charge in [-0.05, 0) is 55.5 Å². The topological polar surface area (TPSA) is 98.2 Å². The number of carbonyl (C=O) groups excluding carboxylic acids is 1. The highest BCUT2D eigenvalue weighted by Gasteiger charge is 2.17. The van der Waals surface area contributed by atoms with Crippen LogP contribution < -0.4 is 5.43 Å². The van der Waals surface area contributed by atoms with Gasteiger partial charge in [0.1, 0.15) is 11.5 Å². The number of hydrogen-bond donors (Lipinski definition) is 1. The van der Waals surface area contributed by atoms with E-state index in [4.69, 9.17) is 4.42 Å². The first-order valence-electron chi connectivity index (χ1n) is 9.23. The molecule has 1 N–H and O–H groups in total. The molecule has 0 fully saturated rings. The molecule has 0 radical (unpaired) electrons. The fourth-order valence-corrected chi connectivity index (χ4v) is 3.74. The Bertz CT molecular complexity index is 1200. The molecule has 0 aliphatic rings. The van der Waals surface area contributed by atoms with E-state index in [-0.39, 0.29) is 11.7 Å². The lowest BCUT2D eigenvalue weighted by Crippen LogP contribution is -2.19. The fourth-order valence-electron chi connectivity index (χ4n) is 2.73. The quantitative estimate of drug-likeness (QED) is 0.233. The summed E-state index contributed by atoms with van der Waals surface area (Å²) in [6.07, 6.45) is 4.87. The van der Waals surface area contributed by atoms with Gasteiger partial charge in [0.2, 0.25) is 0 Å². The number of aromatic nitrogens is 4. The molecule has 4 rings (SSSR count). The van der Waals surface area contributed by atoms with E-state index in [1.54, 1.807) is 18.5 Å². The average molecular weight is 497 g/mol. The molecule has 0 atom stereocenters. The lowest BCUT2D eigenvalue weighted by molar-refractivity contribution is -0.118. The third-order valence-corrected chi connectivity index (χ3v) is 5.59. The molecule has 3 heterocycles. The van der Waals surface area contributed by atoms with Crippen molar-refractivity contribution in [2.45, 2.75) is 12.1 Å². The summed E-state index contributed by atoms with van der Waals surface area (Å²) in [7, 11) is 0. The first-order chi connectivity index (χ1) is 15.1. The number of pyridine rings is 1. The summed E-state index contributed by atoms with van der Waals surface area (Å²) >= 11 is 4.73. The summed E-state index contributed by atoms with van der Waals surface area (Å²) in [5.74, 6) is 1.88. The zero-order valence-electron chi connectivity index (χ0n) is 16.4. The monoisotopic (exact) mass is 496 g/mol. The molecule has 31 heavy (non-hydrogen) atoms. The second-order valence-electron chi connectivity index (χ2n) is 6.38. The summed E-state index contributed by atoms with van der Waals surface area (Å²) in [5.41, 5.74) is 4.25. The Morgan fingerprint density at radius 2 is 1.94 bits per heavy atom. The van der Waals surface area contributed by atoms with Crippen LogP contribution in [0.2, 0.25) is 0 Å². The molecule has 0 bridgehead atoms. The number of hydrogen-bond acceptors (Lipinski definition) is 7. The van der Waals surface area contributed by atoms with Crippen molar-refractivity contribution in [2.24, 2.45) is 5.10 Å². The van der Waals surface area contributed by atoms with Crippen LogP contribution in [0.15, 0.2) is 80.1 Å². The van der Waals surface area contributed by atoms with Gasteiger partial charge in [0, 0.05) is 28.1 Å². The van der Waals surface area contributed by atoms with Gasteiger partial charge in [0.15, 0.2) is 11.0 Å². The second kappa shape index (κ2) is 9.71. The first-order valence-corrected chi connectivity index (χ1v) is 11.0. The number of halogens is 1. The predicted octanol–water partition coefficient (Wildman–Crippen LogP) is 4.24. The van der Waals surface area contributed by atoms with Crippen molar-refractivity contribution in [1.82, 2.24) is 25.2 Å². The van der Waals surface area contributed by atoms with Gasteiger partial charge in [0.05, 0.1) is 12.0 Å². The predicted molar refractivity (Wildman–Crippen MR) is 122 cm³/mol. The van der Waals surface area contributed by atoms with Crippen LogP contribution in [0, 0.1) is 6.92 Å². The molecule has 1 amide bonds. The standard InChI is InChI=1S/C21H17BrN6O2S/c1-14-2-7-18(30-14)12-24-25-19(29)13-31-21-27-26-20(15-8-10-23-11-9-15)28(21)17-5-3-16(22)4-6-17/h2-12H,13H2,1H3,(H,25,29)/b24-12-. The van der Waals surface area contributed by atoms with E-state index >= 15 is 0 Å². The van der Waals surface area contributed by atoms with E-state index in [1.807, 2.05) is 54.0 Å². The van der Waals surface area contributed by atoms with Crippen LogP contribution in [0.25, 0.3) is 17.1 Å². The summed E-state index contributed by atoms with van der Waals surface area (Å²) in [6, 6.07) is 15.1. The van der Waals surface area contributed by atoms with E-state index in [1.165, 1.54) is 18.0 Å². The third kappa shape index (κ3) is 5.28. The Kier molecular flexibility index (Phi) is 6.58. The highest BCUT2D eigenvalue weighted by Crippen LogP contribution is 2.28. The Hall–Kier alpha value is -3.24. The molecule has 10 heteroatoms. The molecule has 0 saturated carbocycles. The van der Waals surface area contributed by atoms with Crippen LogP contribution in [-0.4, -0.2) is 37.6 Å². The van der Waals surface area contributed by atoms with Gasteiger partial charge in [-0.25, -0.2) is 5.43 Å². The molecule has 4 aromatic rings. The number of aryl methyl sites for hydroxylation is 1. The van der Waals surface area contributed by atoms with Gasteiger partial charge in [-0.1, -0.05) is 27.7 Å². The van der Waals surface area contributed by atoms with Crippen LogP contribution in [0.5, 0.6) is 0 Å². The highest BCUT2D eigenvalue weighted by atomic mass is 79.9. The molecule has 8 nitrogen and oxygen atoms in total. The van der Waals surface area contributed by atoms with Crippen LogP contribution >= 0.6 is 27.7 Å². The smallest absolute Gasteiger partial charge is 0.250 e. The number of nitrogens with one attached hydrogen (secondary N) is 1. The zero-order chi connectivity index (χ0) is 21.6. The molecule has 156 valence electrons. The molecular weight excluding hydrogens is 480 g/mol. The van der Waals surface area contributed by atoms with Gasteiger partial charge in [0.25, 0.3) is 5.91 Å². The van der Waals surface area contributed by atoms with E-state index in [2.05, 4.69) is 41.6 Å². The SMILES string of the molecule is Cc1ccc(/C=N\NC(=O)CSc2nnc(-c3ccncc3)n2-c2ccc(Br)cc2)o1. The molecule has 0 aliphatic carbocycles. The molecule has 1 aromatic carbocycles. The number of furan rings is 1. The van der Waals surface area contributed by atoms with E-state index in [9.17, 15) is 4.79 Å². The highest BCUT2D eigenvalue weighted by molar-refractivity contribution is 9.10. The molecule has 0 aliphatic heterocycles. The second-order valence-corrected chi connectivity index (χ2v) is 8.24. The maximum absolute atomic E-state index is 12.2. The van der Waals surface area contributed by atoms with Gasteiger partial charge in [-0.3, -0.25) is 14.3 Å². The third-order valence-electron chi connectivity index (χ3n) is 4.13. The first kappa shape index (κ1) is 21.0. The van der Waals surface area contributed by atoms with E-state index in [0.717, 1.165) is 21.5 Å². The van der Waals surface area contributed by atoms with Crippen LogP contribution in [0.3, 0.4) is 0 Å². The Balaban J connectivity index is 1.51. The molecule has 0 unspecified atom stereocenters. The van der Waals surface area contributed by atoms with Crippen molar-refractivity contribution in [2.75, 3.05) is 5.75 Å². The minimum atomic E-state index is -0.264. The number of rotatable bonds is 7. The number of amides is 1. The summed E-state index contributed by atoms with van der Waals surface area (Å²) in [6.45, 7) is 1.84. The van der Waals surface area contributed by atoms with Crippen molar-refractivity contribution in [3.05, 3.63) is 76.9 Å². The minimum absolute atomic E-state index is 0.125. The lowest BCUT2D eigenvalue weighted by atomic mass is 10.2. The van der Waals surface area contributed by atoms with Crippen LogP contribution in [0.4, 0.5) is 0 Å². The number of nitrogens with zero attached hydrogens (tertiary/aromatic N) is 5. The minimum Gasteiger partial charge on any atom is -0.460 e. The maximum Gasteiger partial charge on any atom is 0.250 e. The van der Waals surface area contributed by atoms with Crippen molar-refractivity contribution in [1.29, 1.82) is 0 Å². The van der Waals surface area contributed by atoms with Crippen LogP contribution in [0.1, 0.15) is 11.5 Å². The van der Waals surface area contributed by atoms with E-state index < -0.39 is 0 Å². The van der Waals surface area contributed by atoms with Crippen molar-refractivity contribution >= 4 is 39.8 Å². The normalized spacial score (nSPS) is 11.2. The fraction of sp³-hybridized carbons (Fsp3) is 0.0952. The average Bonchev–Trinajstić information content (AvgIpc) is 3.39. The van der Waals surface area contributed by atoms with Gasteiger partial charge >= 0.3 is 0 Å². The van der Waals surface area contributed by atoms with Crippen molar-refractivity contribution in [3.63, 3.8) is 0 Å². The number of thioether (sulfide) groups is 1. The van der Waals surface area contributed by atoms with E-state index in [0.29, 0.717) is 16.7 Å². The van der Waals surface area contributed by atoms with Crippen molar-refractivity contribution in [3.8, 4) is 17.1 Å². The zero-order valence-corrected chi connectivity index (χ0v) is 18.8. The summed E-state index contributed by atoms with van der Waals surface area (Å²) < 4.78 is 8.25. The summed E-state index contributed by atoms with van der Waals surface area (Å²) in [5, 5.41) is 13.2. The van der Waals surface area contributed by atoms with Crippen molar-refractivity contribution < 1.29 is 9.21 Å². The Morgan fingerprint density at radius 3 is 2.65 bits per heavy atom. The number of carbonyl (C=O) groups is 1. The number of hydrazone groups is 1. The number of benzene rings is 1. The lowest BCUT2D eigenvalue weighted by Gasteiger charge is -2.10. The van der Waals surface area contributed by atoms with Gasteiger partial charge < -0.3 is 4.42 Å². The van der Waals surface area contributed by atoms with Gasteiger partial charge in [-0.15, -0.1) is 10.2 Å². The Labute approximate surface area is 190 Å².